The first-order valence-corrected chi connectivity index (χ1v) is 15.4. The number of nitrogens with zero attached hydrogens (tertiary/aromatic N) is 7. The fraction of sp³-hybridized carbons (Fsp3) is 0.600. The molecular weight excluding hydrogens is 590 g/mol. The average Bonchev–Trinajstić information content (AvgIpc) is 3.59. The highest BCUT2D eigenvalue weighted by Gasteiger charge is 2.33. The Morgan fingerprint density at radius 3 is 2.31 bits per heavy atom. The number of fused-ring (bicyclic) bond motifs is 1. The van der Waals surface area contributed by atoms with Gasteiger partial charge in [-0.1, -0.05) is 25.3 Å². The Kier molecular flexibility index (Phi) is 9.65. The smallest absolute Gasteiger partial charge is 0.329 e. The highest BCUT2D eigenvalue weighted by atomic mass is 19.3. The van der Waals surface area contributed by atoms with E-state index in [-0.39, 0.29) is 24.1 Å². The van der Waals surface area contributed by atoms with Crippen LogP contribution in [0.2, 0.25) is 0 Å². The lowest BCUT2D eigenvalue weighted by Crippen LogP contribution is -2.44. The van der Waals surface area contributed by atoms with Crippen molar-refractivity contribution in [3.05, 3.63) is 50.7 Å². The molecule has 1 aromatic carbocycles. The number of alkyl halides is 2. The fourth-order valence-electron chi connectivity index (χ4n) is 6.75. The number of halogens is 2. The molecule has 6 rings (SSSR count). The molecule has 2 aromatic heterocycles. The number of nitro groups is 1. The summed E-state index contributed by atoms with van der Waals surface area (Å²) in [7, 11) is 5.98. The normalized spacial score (nSPS) is 20.1. The van der Waals surface area contributed by atoms with Gasteiger partial charge in [0.1, 0.15) is 12.2 Å². The van der Waals surface area contributed by atoms with Gasteiger partial charge in [-0.15, -0.1) is 0 Å². The van der Waals surface area contributed by atoms with Crippen LogP contribution in [-0.4, -0.2) is 73.8 Å². The largest absolute Gasteiger partial charge is 0.370 e. The number of benzene rings is 1. The van der Waals surface area contributed by atoms with Gasteiger partial charge in [-0.05, 0) is 58.3 Å². The van der Waals surface area contributed by atoms with Crippen LogP contribution in [0, 0.1) is 10.1 Å². The van der Waals surface area contributed by atoms with Gasteiger partial charge in [-0.25, -0.2) is 13.6 Å². The molecule has 1 N–H and O–H groups in total. The molecule has 244 valence electrons. The highest BCUT2D eigenvalue weighted by Crippen LogP contribution is 2.34. The van der Waals surface area contributed by atoms with Crippen molar-refractivity contribution in [2.24, 2.45) is 7.05 Å². The van der Waals surface area contributed by atoms with Crippen molar-refractivity contribution in [1.82, 2.24) is 29.1 Å². The standard InChI is InChI=1S/C20H27N5O3.C10H13F2N3O2/c1-22(2)13-9-11-24(12-10-13)14-5-4-6-15-18(14)23(3)20(28)25(15)16-7-8-17(26)21-19(16)27;11-10(12)9-8(15(16)17)6-14(13-9)7-4-2-1-3-5-7/h4-6,13,16H,7-12H2,1-3H3,(H,21,26,27);6-7,10H,1-5H2. The van der Waals surface area contributed by atoms with Crippen LogP contribution >= 0.6 is 0 Å². The molecule has 0 spiro atoms. The number of aromatic nitrogens is 4. The second kappa shape index (κ2) is 13.5. The summed E-state index contributed by atoms with van der Waals surface area (Å²) >= 11 is 0. The van der Waals surface area contributed by atoms with E-state index >= 15 is 0 Å². The van der Waals surface area contributed by atoms with Crippen LogP contribution in [0.1, 0.15) is 82.0 Å². The maximum Gasteiger partial charge on any atom is 0.329 e. The van der Waals surface area contributed by atoms with Gasteiger partial charge in [0.15, 0.2) is 0 Å². The molecule has 45 heavy (non-hydrogen) atoms. The minimum atomic E-state index is -2.90. The van der Waals surface area contributed by atoms with Crippen LogP contribution in [-0.2, 0) is 16.6 Å². The Hall–Kier alpha value is -4.14. The van der Waals surface area contributed by atoms with Gasteiger partial charge in [0.2, 0.25) is 17.5 Å². The number of anilines is 1. The molecule has 4 heterocycles. The molecule has 3 aromatic rings. The lowest BCUT2D eigenvalue weighted by atomic mass is 9.96. The maximum absolute atomic E-state index is 13.0. The third-order valence-corrected chi connectivity index (χ3v) is 9.23. The molecule has 1 unspecified atom stereocenters. The number of hydrogen-bond acceptors (Lipinski definition) is 8. The molecule has 1 atom stereocenters. The number of aryl methyl sites for hydroxylation is 1. The number of hydrogen-bond donors (Lipinski definition) is 1. The molecule has 2 aliphatic heterocycles. The van der Waals surface area contributed by atoms with Gasteiger partial charge in [0, 0.05) is 32.6 Å². The van der Waals surface area contributed by atoms with E-state index < -0.39 is 34.7 Å². The third kappa shape index (κ3) is 6.63. The zero-order valence-electron chi connectivity index (χ0n) is 25.8. The van der Waals surface area contributed by atoms with Gasteiger partial charge < -0.3 is 9.80 Å². The predicted octanol–water partition coefficient (Wildman–Crippen LogP) is 4.08. The summed E-state index contributed by atoms with van der Waals surface area (Å²) in [4.78, 5) is 51.4. The molecule has 13 nitrogen and oxygen atoms in total. The molecule has 3 fully saturated rings. The quantitative estimate of drug-likeness (QED) is 0.244. The van der Waals surface area contributed by atoms with E-state index in [0.29, 0.717) is 12.5 Å². The predicted molar refractivity (Wildman–Crippen MR) is 163 cm³/mol. The van der Waals surface area contributed by atoms with Crippen LogP contribution < -0.4 is 15.9 Å². The van der Waals surface area contributed by atoms with Crippen LogP contribution in [0.25, 0.3) is 11.0 Å². The Labute approximate surface area is 258 Å². The van der Waals surface area contributed by atoms with Crippen molar-refractivity contribution < 1.29 is 23.3 Å². The molecule has 1 aliphatic carbocycles. The zero-order chi connectivity index (χ0) is 32.4. The number of carbonyl (C=O) groups excluding carboxylic acids is 2. The van der Waals surface area contributed by atoms with Crippen molar-refractivity contribution in [1.29, 1.82) is 0 Å². The van der Waals surface area contributed by atoms with Gasteiger partial charge in [-0.2, -0.15) is 5.10 Å². The summed E-state index contributed by atoms with van der Waals surface area (Å²) in [5.41, 5.74) is 1.10. The summed E-state index contributed by atoms with van der Waals surface area (Å²) in [6.07, 6.45) is 5.84. The van der Waals surface area contributed by atoms with E-state index in [1.807, 2.05) is 18.2 Å². The minimum Gasteiger partial charge on any atom is -0.370 e. The molecule has 2 saturated heterocycles. The topological polar surface area (TPSA) is 141 Å². The minimum absolute atomic E-state index is 0.0231. The Morgan fingerprint density at radius 2 is 1.73 bits per heavy atom. The van der Waals surface area contributed by atoms with Crippen LogP contribution in [0.15, 0.2) is 29.2 Å². The zero-order valence-corrected chi connectivity index (χ0v) is 25.8. The van der Waals surface area contributed by atoms with Crippen molar-refractivity contribution in [3.8, 4) is 0 Å². The van der Waals surface area contributed by atoms with Crippen molar-refractivity contribution in [2.75, 3.05) is 32.1 Å². The Bertz CT molecular complexity index is 1620. The summed E-state index contributed by atoms with van der Waals surface area (Å²) in [6.45, 7) is 1.86. The van der Waals surface area contributed by atoms with E-state index in [1.54, 1.807) is 16.2 Å². The number of amides is 2. The third-order valence-electron chi connectivity index (χ3n) is 9.23. The summed E-state index contributed by atoms with van der Waals surface area (Å²) in [5, 5.41) is 16.7. The molecule has 15 heteroatoms. The first-order valence-electron chi connectivity index (χ1n) is 15.4. The van der Waals surface area contributed by atoms with Crippen molar-refractivity contribution in [2.45, 2.75) is 82.3 Å². The molecule has 0 bridgehead atoms. The summed E-state index contributed by atoms with van der Waals surface area (Å²) in [5.74, 6) is -0.679. The number of imide groups is 1. The van der Waals surface area contributed by atoms with E-state index in [2.05, 4.69) is 34.3 Å². The first-order chi connectivity index (χ1) is 21.5. The Balaban J connectivity index is 0.000000201. The van der Waals surface area contributed by atoms with Crippen LogP contribution in [0.5, 0.6) is 0 Å². The second-order valence-corrected chi connectivity index (χ2v) is 12.2. The summed E-state index contributed by atoms with van der Waals surface area (Å²) < 4.78 is 29.7. The maximum atomic E-state index is 13.0. The number of nitrogens with one attached hydrogen (secondary N) is 1. The van der Waals surface area contributed by atoms with Gasteiger partial charge in [0.25, 0.3) is 6.43 Å². The molecule has 3 aliphatic rings. The van der Waals surface area contributed by atoms with Crippen LogP contribution in [0.4, 0.5) is 20.2 Å². The number of rotatable bonds is 6. The van der Waals surface area contributed by atoms with Gasteiger partial charge in [-0.3, -0.25) is 38.8 Å². The van der Waals surface area contributed by atoms with Crippen LogP contribution in [0.3, 0.4) is 0 Å². The molecule has 0 radical (unpaired) electrons. The molecular formula is C30H40F2N8O5. The van der Waals surface area contributed by atoms with Crippen molar-refractivity contribution >= 4 is 34.2 Å². The lowest BCUT2D eigenvalue weighted by molar-refractivity contribution is -0.386. The van der Waals surface area contributed by atoms with E-state index in [9.17, 15) is 33.3 Å². The molecule has 2 amide bonds. The fourth-order valence-corrected chi connectivity index (χ4v) is 6.75. The lowest BCUT2D eigenvalue weighted by Gasteiger charge is -2.36. The number of imidazole rings is 1. The van der Waals surface area contributed by atoms with E-state index in [1.165, 1.54) is 4.68 Å². The number of carbonyl (C=O) groups is 2. The summed E-state index contributed by atoms with van der Waals surface area (Å²) in [6, 6.07) is 5.83. The second-order valence-electron chi connectivity index (χ2n) is 12.2. The Morgan fingerprint density at radius 1 is 1.04 bits per heavy atom. The highest BCUT2D eigenvalue weighted by molar-refractivity contribution is 6.00. The SMILES string of the molecule is CN(C)C1CCN(c2cccc3c2n(C)c(=O)n3C2CCC(=O)NC2=O)CC1.O=[N+]([O-])c1cn(C2CCCCC2)nc1C(F)F. The van der Waals surface area contributed by atoms with E-state index in [4.69, 9.17) is 0 Å². The number of para-hydroxylation sites is 1. The van der Waals surface area contributed by atoms with Crippen molar-refractivity contribution in [3.63, 3.8) is 0 Å². The van der Waals surface area contributed by atoms with Gasteiger partial charge in [0.05, 0.1) is 27.7 Å². The van der Waals surface area contributed by atoms with E-state index in [0.717, 1.165) is 81.0 Å². The van der Waals surface area contributed by atoms with Gasteiger partial charge >= 0.3 is 11.4 Å². The molecule has 1 saturated carbocycles. The monoisotopic (exact) mass is 630 g/mol. The number of piperidine rings is 2. The average molecular weight is 631 g/mol. The first kappa shape index (κ1) is 32.3.